The number of aromatic nitrogens is 1. The minimum atomic E-state index is -0.574. The number of imide groups is 1. The van der Waals surface area contributed by atoms with Crippen LogP contribution in [0.2, 0.25) is 0 Å². The molecule has 0 aliphatic carbocycles. The van der Waals surface area contributed by atoms with Gasteiger partial charge in [-0.15, -0.1) is 0 Å². The third kappa shape index (κ3) is 2.42. The number of aromatic amines is 1. The number of fused-ring (bicyclic) bond motifs is 1. The van der Waals surface area contributed by atoms with E-state index in [0.717, 1.165) is 16.5 Å². The molecule has 3 amide bonds. The minimum Gasteiger partial charge on any atom is -0.350 e. The summed E-state index contributed by atoms with van der Waals surface area (Å²) in [4.78, 5) is 42.9. The highest BCUT2D eigenvalue weighted by molar-refractivity contribution is 6.06. The van der Waals surface area contributed by atoms with Crippen molar-refractivity contribution >= 4 is 28.6 Å². The van der Waals surface area contributed by atoms with Gasteiger partial charge in [-0.2, -0.15) is 0 Å². The fourth-order valence-corrected chi connectivity index (χ4v) is 3.86. The predicted octanol–water partition coefficient (Wildman–Crippen LogP) is 0.718. The summed E-state index contributed by atoms with van der Waals surface area (Å²) in [5, 5.41) is 3.41. The van der Waals surface area contributed by atoms with E-state index in [1.165, 1.54) is 0 Å². The number of rotatable bonds is 3. The van der Waals surface area contributed by atoms with E-state index in [0.29, 0.717) is 25.3 Å². The summed E-state index contributed by atoms with van der Waals surface area (Å²) in [6, 6.07) is 7.82. The average molecular weight is 340 g/mol. The number of likely N-dealkylation sites (tertiary alicyclic amines) is 1. The van der Waals surface area contributed by atoms with Gasteiger partial charge in [0.2, 0.25) is 11.8 Å². The lowest BCUT2D eigenvalue weighted by atomic mass is 9.78. The molecule has 130 valence electrons. The van der Waals surface area contributed by atoms with Crippen LogP contribution in [0, 0.1) is 5.41 Å². The van der Waals surface area contributed by atoms with Crippen LogP contribution in [0.15, 0.2) is 24.3 Å². The van der Waals surface area contributed by atoms with Crippen molar-refractivity contribution < 1.29 is 14.4 Å². The Morgan fingerprint density at radius 1 is 1.24 bits per heavy atom. The second kappa shape index (κ2) is 5.42. The highest BCUT2D eigenvalue weighted by atomic mass is 16.2. The normalized spacial score (nSPS) is 19.3. The molecule has 2 aliphatic rings. The zero-order valence-corrected chi connectivity index (χ0v) is 14.3. The van der Waals surface area contributed by atoms with E-state index >= 15 is 0 Å². The van der Waals surface area contributed by atoms with E-state index < -0.39 is 5.41 Å². The fraction of sp³-hybridized carbons (Fsp3) is 0.389. The quantitative estimate of drug-likeness (QED) is 0.806. The zero-order valence-electron chi connectivity index (χ0n) is 14.3. The Bertz CT molecular complexity index is 893. The Morgan fingerprint density at radius 2 is 1.96 bits per heavy atom. The van der Waals surface area contributed by atoms with Crippen LogP contribution in [0.3, 0.4) is 0 Å². The summed E-state index contributed by atoms with van der Waals surface area (Å²) in [7, 11) is 3.45. The zero-order chi connectivity index (χ0) is 17.8. The first kappa shape index (κ1) is 15.8. The van der Waals surface area contributed by atoms with Gasteiger partial charge < -0.3 is 9.88 Å². The smallest absolute Gasteiger partial charge is 0.270 e. The molecule has 2 saturated heterocycles. The Hall–Kier alpha value is -2.67. The van der Waals surface area contributed by atoms with Crippen LogP contribution in [-0.2, 0) is 16.1 Å². The van der Waals surface area contributed by atoms with E-state index in [4.69, 9.17) is 0 Å². The maximum atomic E-state index is 12.5. The SMILES string of the molecule is CN(C)C(=O)c1[nH]c2ccccc2c1CN1CC2(CC(=O)NC2=O)C1. The average Bonchev–Trinajstić information content (AvgIpc) is 3.04. The molecule has 2 aromatic rings. The second-order valence-electron chi connectivity index (χ2n) is 7.20. The largest absolute Gasteiger partial charge is 0.350 e. The van der Waals surface area contributed by atoms with E-state index in [1.54, 1.807) is 19.0 Å². The summed E-state index contributed by atoms with van der Waals surface area (Å²) >= 11 is 0. The van der Waals surface area contributed by atoms with Gasteiger partial charge in [0.1, 0.15) is 5.69 Å². The molecule has 7 heteroatoms. The number of para-hydroxylation sites is 1. The maximum absolute atomic E-state index is 12.5. The summed E-state index contributed by atoms with van der Waals surface area (Å²) in [6.07, 6.45) is 0.264. The van der Waals surface area contributed by atoms with Crippen LogP contribution < -0.4 is 5.32 Å². The third-order valence-corrected chi connectivity index (χ3v) is 5.10. The molecule has 2 N–H and O–H groups in total. The van der Waals surface area contributed by atoms with Crippen LogP contribution in [0.5, 0.6) is 0 Å². The number of nitrogens with zero attached hydrogens (tertiary/aromatic N) is 2. The summed E-state index contributed by atoms with van der Waals surface area (Å²) in [5.74, 6) is -0.437. The predicted molar refractivity (Wildman–Crippen MR) is 91.8 cm³/mol. The molecule has 0 radical (unpaired) electrons. The van der Waals surface area contributed by atoms with Gasteiger partial charge in [-0.3, -0.25) is 24.6 Å². The lowest BCUT2D eigenvalue weighted by Gasteiger charge is -2.45. The van der Waals surface area contributed by atoms with Gasteiger partial charge in [-0.25, -0.2) is 0 Å². The fourth-order valence-electron chi connectivity index (χ4n) is 3.86. The Morgan fingerprint density at radius 3 is 2.60 bits per heavy atom. The Labute approximate surface area is 145 Å². The topological polar surface area (TPSA) is 85.5 Å². The minimum absolute atomic E-state index is 0.0739. The highest BCUT2D eigenvalue weighted by Crippen LogP contribution is 2.39. The van der Waals surface area contributed by atoms with Crippen molar-refractivity contribution in [3.63, 3.8) is 0 Å². The molecule has 1 aromatic heterocycles. The number of carbonyl (C=O) groups is 3. The molecule has 0 bridgehead atoms. The molecular formula is C18H20N4O3. The second-order valence-corrected chi connectivity index (χ2v) is 7.20. The summed E-state index contributed by atoms with van der Waals surface area (Å²) in [5.41, 5.74) is 1.87. The van der Waals surface area contributed by atoms with E-state index in [-0.39, 0.29) is 24.1 Å². The van der Waals surface area contributed by atoms with Crippen molar-refractivity contribution in [2.45, 2.75) is 13.0 Å². The summed E-state index contributed by atoms with van der Waals surface area (Å²) < 4.78 is 0. The van der Waals surface area contributed by atoms with Crippen molar-refractivity contribution in [1.82, 2.24) is 20.1 Å². The van der Waals surface area contributed by atoms with Crippen LogP contribution in [0.4, 0.5) is 0 Å². The van der Waals surface area contributed by atoms with Gasteiger partial charge in [0.15, 0.2) is 0 Å². The molecule has 0 unspecified atom stereocenters. The molecule has 4 rings (SSSR count). The third-order valence-electron chi connectivity index (χ3n) is 5.10. The van der Waals surface area contributed by atoms with E-state index in [2.05, 4.69) is 15.2 Å². The van der Waals surface area contributed by atoms with Crippen molar-refractivity contribution in [3.8, 4) is 0 Å². The van der Waals surface area contributed by atoms with Crippen molar-refractivity contribution in [2.75, 3.05) is 27.2 Å². The first-order valence-electron chi connectivity index (χ1n) is 8.27. The molecule has 1 spiro atoms. The molecule has 25 heavy (non-hydrogen) atoms. The van der Waals surface area contributed by atoms with Gasteiger partial charge in [0, 0.05) is 56.6 Å². The van der Waals surface area contributed by atoms with Crippen molar-refractivity contribution in [3.05, 3.63) is 35.5 Å². The van der Waals surface area contributed by atoms with Crippen LogP contribution in [-0.4, -0.2) is 59.7 Å². The van der Waals surface area contributed by atoms with Crippen molar-refractivity contribution in [2.24, 2.45) is 5.41 Å². The van der Waals surface area contributed by atoms with Gasteiger partial charge in [-0.1, -0.05) is 18.2 Å². The monoisotopic (exact) mass is 340 g/mol. The number of amides is 3. The molecule has 7 nitrogen and oxygen atoms in total. The molecule has 2 fully saturated rings. The Balaban J connectivity index is 1.62. The van der Waals surface area contributed by atoms with Gasteiger partial charge in [-0.05, 0) is 6.07 Å². The van der Waals surface area contributed by atoms with Crippen LogP contribution in [0.1, 0.15) is 22.5 Å². The highest BCUT2D eigenvalue weighted by Gasteiger charge is 2.54. The number of nitrogens with one attached hydrogen (secondary N) is 2. The van der Waals surface area contributed by atoms with Crippen molar-refractivity contribution in [1.29, 1.82) is 0 Å². The van der Waals surface area contributed by atoms with E-state index in [1.807, 2.05) is 24.3 Å². The van der Waals surface area contributed by atoms with Crippen LogP contribution >= 0.6 is 0 Å². The van der Waals surface area contributed by atoms with Crippen LogP contribution in [0.25, 0.3) is 10.9 Å². The number of carbonyl (C=O) groups excluding carboxylic acids is 3. The molecule has 3 heterocycles. The molecule has 0 atom stereocenters. The first-order chi connectivity index (χ1) is 11.9. The number of H-pyrrole nitrogens is 1. The van der Waals surface area contributed by atoms with E-state index in [9.17, 15) is 14.4 Å². The Kier molecular flexibility index (Phi) is 3.43. The number of hydrogen-bond acceptors (Lipinski definition) is 4. The van der Waals surface area contributed by atoms with Gasteiger partial charge in [0.05, 0.1) is 5.41 Å². The molecule has 1 aromatic carbocycles. The standard InChI is InChI=1S/C18H20N4O3/c1-21(2)16(24)15-12(11-5-3-4-6-13(11)19-15)8-22-9-18(10-22)7-14(23)20-17(18)25/h3-6,19H,7-10H2,1-2H3,(H,20,23,25). The van der Waals surface area contributed by atoms with Gasteiger partial charge >= 0.3 is 0 Å². The molecular weight excluding hydrogens is 320 g/mol. The molecule has 0 saturated carbocycles. The number of hydrogen-bond donors (Lipinski definition) is 2. The first-order valence-corrected chi connectivity index (χ1v) is 8.27. The lowest BCUT2D eigenvalue weighted by molar-refractivity contribution is -0.137. The maximum Gasteiger partial charge on any atom is 0.270 e. The number of benzene rings is 1. The molecule has 2 aliphatic heterocycles. The van der Waals surface area contributed by atoms with Gasteiger partial charge in [0.25, 0.3) is 5.91 Å². The lowest BCUT2D eigenvalue weighted by Crippen LogP contribution is -2.59. The summed E-state index contributed by atoms with van der Waals surface area (Å²) in [6.45, 7) is 1.65.